The van der Waals surface area contributed by atoms with Crippen molar-refractivity contribution >= 4 is 11.4 Å². The summed E-state index contributed by atoms with van der Waals surface area (Å²) >= 11 is 0. The van der Waals surface area contributed by atoms with Crippen LogP contribution < -0.4 is 9.80 Å². The highest BCUT2D eigenvalue weighted by Crippen LogP contribution is 2.30. The van der Waals surface area contributed by atoms with E-state index in [0.29, 0.717) is 6.17 Å². The van der Waals surface area contributed by atoms with Gasteiger partial charge in [-0.15, -0.1) is 0 Å². The Balaban J connectivity index is 1.87. The molecule has 2 aromatic rings. The van der Waals surface area contributed by atoms with Crippen molar-refractivity contribution < 1.29 is 0 Å². The van der Waals surface area contributed by atoms with Gasteiger partial charge in [0.25, 0.3) is 0 Å². The molecule has 0 saturated carbocycles. The molecule has 0 atom stereocenters. The molecular weight excluding hydrogens is 268 g/mol. The summed E-state index contributed by atoms with van der Waals surface area (Å²) < 4.78 is 0. The van der Waals surface area contributed by atoms with Gasteiger partial charge >= 0.3 is 0 Å². The van der Waals surface area contributed by atoms with E-state index in [0.717, 1.165) is 13.1 Å². The van der Waals surface area contributed by atoms with Crippen LogP contribution in [0.25, 0.3) is 0 Å². The summed E-state index contributed by atoms with van der Waals surface area (Å²) in [5.41, 5.74) is 5.34. The number of hydrogen-bond acceptors (Lipinski definition) is 2. The van der Waals surface area contributed by atoms with E-state index in [2.05, 4.69) is 79.1 Å². The normalized spacial score (nSPS) is 15.6. The second-order valence-electron chi connectivity index (χ2n) is 6.33. The Labute approximate surface area is 134 Å². The maximum Gasteiger partial charge on any atom is 0.102 e. The van der Waals surface area contributed by atoms with Crippen molar-refractivity contribution in [3.05, 3.63) is 59.7 Å². The molecule has 0 aliphatic carbocycles. The lowest BCUT2D eigenvalue weighted by atomic mass is 10.1. The molecule has 3 rings (SSSR count). The molecule has 0 amide bonds. The van der Waals surface area contributed by atoms with Crippen LogP contribution in [0.5, 0.6) is 0 Å². The summed E-state index contributed by atoms with van der Waals surface area (Å²) in [6.07, 6.45) is 2.87. The first-order chi connectivity index (χ1) is 10.7. The molecule has 2 heteroatoms. The molecule has 116 valence electrons. The van der Waals surface area contributed by atoms with E-state index in [1.165, 1.54) is 35.3 Å². The summed E-state index contributed by atoms with van der Waals surface area (Å²) in [5.74, 6) is 0. The molecule has 0 unspecified atom stereocenters. The van der Waals surface area contributed by atoms with E-state index in [4.69, 9.17) is 0 Å². The Morgan fingerprint density at radius 1 is 0.773 bits per heavy atom. The minimum atomic E-state index is 0.468. The van der Waals surface area contributed by atoms with Crippen LogP contribution in [0.2, 0.25) is 0 Å². The molecule has 0 spiro atoms. The molecule has 1 aliphatic rings. The van der Waals surface area contributed by atoms with Gasteiger partial charge in [0.1, 0.15) is 6.17 Å². The van der Waals surface area contributed by atoms with Crippen molar-refractivity contribution in [1.82, 2.24) is 0 Å². The van der Waals surface area contributed by atoms with Crippen molar-refractivity contribution in [2.75, 3.05) is 22.9 Å². The standard InChI is InChI=1S/C20H26N2/c1-4-5-20-21(18-10-6-16(2)7-11-18)14-15-22(20)19-12-8-17(3)9-13-19/h6-13,20H,4-5,14-15H2,1-3H3. The Hall–Kier alpha value is -1.96. The smallest absolute Gasteiger partial charge is 0.102 e. The molecule has 0 radical (unpaired) electrons. The van der Waals surface area contributed by atoms with Crippen LogP contribution in [0.1, 0.15) is 30.9 Å². The van der Waals surface area contributed by atoms with Gasteiger partial charge in [-0.05, 0) is 44.5 Å². The van der Waals surface area contributed by atoms with Crippen molar-refractivity contribution in [2.24, 2.45) is 0 Å². The Morgan fingerprint density at radius 2 is 1.18 bits per heavy atom. The first kappa shape index (κ1) is 15.0. The van der Waals surface area contributed by atoms with Gasteiger partial charge in [0.15, 0.2) is 0 Å². The van der Waals surface area contributed by atoms with E-state index in [-0.39, 0.29) is 0 Å². The lowest BCUT2D eigenvalue weighted by Crippen LogP contribution is -2.38. The first-order valence-electron chi connectivity index (χ1n) is 8.35. The molecule has 0 aromatic heterocycles. The van der Waals surface area contributed by atoms with Gasteiger partial charge in [-0.25, -0.2) is 0 Å². The highest BCUT2D eigenvalue weighted by molar-refractivity contribution is 5.57. The quantitative estimate of drug-likeness (QED) is 0.802. The summed E-state index contributed by atoms with van der Waals surface area (Å²) in [5, 5.41) is 0. The number of aryl methyl sites for hydroxylation is 2. The Kier molecular flexibility index (Phi) is 4.37. The summed E-state index contributed by atoms with van der Waals surface area (Å²) in [6, 6.07) is 17.9. The lowest BCUT2D eigenvalue weighted by molar-refractivity contribution is 0.601. The van der Waals surface area contributed by atoms with Crippen molar-refractivity contribution in [3.8, 4) is 0 Å². The summed E-state index contributed by atoms with van der Waals surface area (Å²) in [6.45, 7) is 8.77. The van der Waals surface area contributed by atoms with Gasteiger partial charge < -0.3 is 9.80 Å². The van der Waals surface area contributed by atoms with Gasteiger partial charge in [0, 0.05) is 24.5 Å². The van der Waals surface area contributed by atoms with E-state index in [1.54, 1.807) is 0 Å². The van der Waals surface area contributed by atoms with Crippen molar-refractivity contribution in [1.29, 1.82) is 0 Å². The average Bonchev–Trinajstić information content (AvgIpc) is 2.93. The fourth-order valence-corrected chi connectivity index (χ4v) is 3.33. The van der Waals surface area contributed by atoms with Crippen LogP contribution in [0.3, 0.4) is 0 Å². The maximum absolute atomic E-state index is 2.56. The topological polar surface area (TPSA) is 6.48 Å². The molecule has 1 heterocycles. The number of benzene rings is 2. The van der Waals surface area contributed by atoms with Crippen LogP contribution in [0, 0.1) is 13.8 Å². The molecule has 0 bridgehead atoms. The second-order valence-corrected chi connectivity index (χ2v) is 6.33. The van der Waals surface area contributed by atoms with Crippen LogP contribution in [-0.2, 0) is 0 Å². The molecule has 1 saturated heterocycles. The zero-order valence-corrected chi connectivity index (χ0v) is 13.9. The van der Waals surface area contributed by atoms with E-state index in [1.807, 2.05) is 0 Å². The summed E-state index contributed by atoms with van der Waals surface area (Å²) in [7, 11) is 0. The number of anilines is 2. The highest BCUT2D eigenvalue weighted by atomic mass is 15.4. The number of nitrogens with zero attached hydrogens (tertiary/aromatic N) is 2. The molecule has 0 N–H and O–H groups in total. The van der Waals surface area contributed by atoms with Gasteiger partial charge in [0.05, 0.1) is 0 Å². The predicted octanol–water partition coefficient (Wildman–Crippen LogP) is 4.76. The largest absolute Gasteiger partial charge is 0.349 e. The monoisotopic (exact) mass is 294 g/mol. The highest BCUT2D eigenvalue weighted by Gasteiger charge is 2.31. The van der Waals surface area contributed by atoms with E-state index < -0.39 is 0 Å². The zero-order valence-electron chi connectivity index (χ0n) is 13.9. The third-order valence-electron chi connectivity index (χ3n) is 4.58. The van der Waals surface area contributed by atoms with E-state index >= 15 is 0 Å². The lowest BCUT2D eigenvalue weighted by Gasteiger charge is -2.33. The third kappa shape index (κ3) is 2.96. The van der Waals surface area contributed by atoms with Crippen LogP contribution in [0.15, 0.2) is 48.5 Å². The van der Waals surface area contributed by atoms with Crippen LogP contribution in [-0.4, -0.2) is 19.3 Å². The molecule has 22 heavy (non-hydrogen) atoms. The third-order valence-corrected chi connectivity index (χ3v) is 4.58. The van der Waals surface area contributed by atoms with Gasteiger partial charge in [-0.3, -0.25) is 0 Å². The Bertz CT molecular complexity index is 547. The van der Waals surface area contributed by atoms with Gasteiger partial charge in [-0.1, -0.05) is 48.7 Å². The Morgan fingerprint density at radius 3 is 1.55 bits per heavy atom. The SMILES string of the molecule is CCCC1N(c2ccc(C)cc2)CCN1c1ccc(C)cc1. The maximum atomic E-state index is 2.56. The van der Waals surface area contributed by atoms with Gasteiger partial charge in [0.2, 0.25) is 0 Å². The molecular formula is C20H26N2. The molecule has 2 aromatic carbocycles. The summed E-state index contributed by atoms with van der Waals surface area (Å²) in [4.78, 5) is 5.12. The predicted molar refractivity (Wildman–Crippen MR) is 95.7 cm³/mol. The number of rotatable bonds is 4. The van der Waals surface area contributed by atoms with E-state index in [9.17, 15) is 0 Å². The number of hydrogen-bond donors (Lipinski definition) is 0. The minimum absolute atomic E-state index is 0.468. The zero-order chi connectivity index (χ0) is 15.5. The second kappa shape index (κ2) is 6.43. The van der Waals surface area contributed by atoms with Gasteiger partial charge in [-0.2, -0.15) is 0 Å². The fourth-order valence-electron chi connectivity index (χ4n) is 3.33. The minimum Gasteiger partial charge on any atom is -0.349 e. The average molecular weight is 294 g/mol. The molecule has 1 fully saturated rings. The fraction of sp³-hybridized carbons (Fsp3) is 0.400. The molecule has 1 aliphatic heterocycles. The van der Waals surface area contributed by atoms with Crippen molar-refractivity contribution in [3.63, 3.8) is 0 Å². The molecule has 2 nitrogen and oxygen atoms in total. The van der Waals surface area contributed by atoms with Crippen LogP contribution in [0.4, 0.5) is 11.4 Å². The van der Waals surface area contributed by atoms with Crippen molar-refractivity contribution in [2.45, 2.75) is 39.8 Å². The first-order valence-corrected chi connectivity index (χ1v) is 8.35. The van der Waals surface area contributed by atoms with Crippen LogP contribution >= 0.6 is 0 Å².